The average molecular weight is 731 g/mol. The summed E-state index contributed by atoms with van der Waals surface area (Å²) in [6.07, 6.45) is 0.784. The predicted molar refractivity (Wildman–Crippen MR) is 191 cm³/mol. The number of aryl methyl sites for hydroxylation is 2. The number of carbonyl (C=O) groups excluding carboxylic acids is 4. The Balaban J connectivity index is 1.67. The molecule has 3 aromatic rings. The number of nitrogens with zero attached hydrogens (tertiary/aromatic N) is 1. The Morgan fingerprint density at radius 2 is 1.46 bits per heavy atom. The fraction of sp³-hybridized carbons (Fsp3) is 0.441. The predicted octanol–water partition coefficient (Wildman–Crippen LogP) is 4.73. The minimum atomic E-state index is -3.31. The number of nitrogens with two attached hydrogens (primary N) is 1. The Kier molecular flexibility index (Phi) is 12.8. The van der Waals surface area contributed by atoms with Crippen molar-refractivity contribution in [2.75, 3.05) is 23.4 Å². The van der Waals surface area contributed by atoms with Gasteiger partial charge >= 0.3 is 18.1 Å². The minimum absolute atomic E-state index is 0.231. The summed E-state index contributed by atoms with van der Waals surface area (Å²) in [5.74, 6) is -2.80. The third kappa shape index (κ3) is 12.1. The van der Waals surface area contributed by atoms with E-state index in [1.54, 1.807) is 77.9 Å². The molecule has 0 saturated heterocycles. The summed E-state index contributed by atoms with van der Waals surface area (Å²) >= 11 is 1.37. The number of benzene rings is 2. The Bertz CT molecular complexity index is 1790. The summed E-state index contributed by atoms with van der Waals surface area (Å²) in [7, 11) is -3.31. The number of ether oxygens (including phenoxy) is 2. The van der Waals surface area contributed by atoms with Crippen molar-refractivity contribution in [1.82, 2.24) is 15.6 Å². The molecule has 0 aliphatic heterocycles. The van der Waals surface area contributed by atoms with Crippen molar-refractivity contribution in [2.45, 2.75) is 84.1 Å². The van der Waals surface area contributed by atoms with Gasteiger partial charge in [-0.15, -0.1) is 11.3 Å². The molecule has 6 N–H and O–H groups in total. The topological polar surface area (TPSA) is 208 Å². The SMILES string of the molecule is CC(=O)Nc1nc(CCc2ccc(NC(=O)CNC(OC(N)=O)(OC(=O)NC(C)(C)C)C(C)(C)C)cc2)c(Cc2ccc(S(C)(=O)=O)cc2)s1. The fourth-order valence-electron chi connectivity index (χ4n) is 4.65. The zero-order chi connectivity index (χ0) is 37.5. The largest absolute Gasteiger partial charge is 0.411 e. The molecule has 1 aromatic heterocycles. The van der Waals surface area contributed by atoms with Crippen molar-refractivity contribution in [3.8, 4) is 0 Å². The first-order valence-electron chi connectivity index (χ1n) is 15.7. The first-order valence-corrected chi connectivity index (χ1v) is 18.4. The van der Waals surface area contributed by atoms with Gasteiger partial charge in [-0.1, -0.05) is 45.0 Å². The molecule has 0 aliphatic rings. The van der Waals surface area contributed by atoms with Gasteiger partial charge in [-0.05, 0) is 69.0 Å². The van der Waals surface area contributed by atoms with Gasteiger partial charge in [-0.2, -0.15) is 0 Å². The molecule has 4 amide bonds. The van der Waals surface area contributed by atoms with Gasteiger partial charge in [0, 0.05) is 35.7 Å². The van der Waals surface area contributed by atoms with Crippen LogP contribution >= 0.6 is 11.3 Å². The number of carbonyl (C=O) groups is 4. The van der Waals surface area contributed by atoms with Crippen LogP contribution in [-0.4, -0.2) is 61.7 Å². The van der Waals surface area contributed by atoms with E-state index in [2.05, 4.69) is 26.3 Å². The molecular weight excluding hydrogens is 685 g/mol. The number of anilines is 2. The zero-order valence-corrected chi connectivity index (χ0v) is 31.2. The second kappa shape index (κ2) is 16.0. The minimum Gasteiger partial charge on any atom is -0.392 e. The van der Waals surface area contributed by atoms with Crippen molar-refractivity contribution >= 4 is 56.0 Å². The highest BCUT2D eigenvalue weighted by molar-refractivity contribution is 7.90. The summed E-state index contributed by atoms with van der Waals surface area (Å²) in [4.78, 5) is 55.0. The van der Waals surface area contributed by atoms with Crippen LogP contribution in [-0.2, 0) is 48.2 Å². The number of amides is 4. The number of primary amides is 1. The van der Waals surface area contributed by atoms with E-state index in [-0.39, 0.29) is 10.8 Å². The molecule has 0 fully saturated rings. The van der Waals surface area contributed by atoms with E-state index in [1.165, 1.54) is 18.3 Å². The van der Waals surface area contributed by atoms with Crippen LogP contribution in [0, 0.1) is 5.41 Å². The molecule has 1 unspecified atom stereocenters. The molecule has 3 rings (SSSR count). The van der Waals surface area contributed by atoms with Crippen LogP contribution in [0.4, 0.5) is 20.4 Å². The van der Waals surface area contributed by atoms with Gasteiger partial charge in [-0.3, -0.25) is 9.59 Å². The van der Waals surface area contributed by atoms with Crippen LogP contribution in [0.3, 0.4) is 0 Å². The molecule has 272 valence electrons. The number of aromatic nitrogens is 1. The molecule has 1 atom stereocenters. The van der Waals surface area contributed by atoms with E-state index < -0.39 is 51.3 Å². The maximum atomic E-state index is 12.9. The lowest BCUT2D eigenvalue weighted by Gasteiger charge is -2.42. The second-order valence-electron chi connectivity index (χ2n) is 13.8. The molecule has 0 bridgehead atoms. The third-order valence-corrected chi connectivity index (χ3v) is 9.23. The lowest BCUT2D eigenvalue weighted by molar-refractivity contribution is -0.243. The second-order valence-corrected chi connectivity index (χ2v) is 16.9. The van der Waals surface area contributed by atoms with Crippen LogP contribution < -0.4 is 27.0 Å². The van der Waals surface area contributed by atoms with Gasteiger partial charge in [0.2, 0.25) is 11.8 Å². The first kappa shape index (κ1) is 39.9. The van der Waals surface area contributed by atoms with Gasteiger partial charge in [-0.25, -0.2) is 28.3 Å². The van der Waals surface area contributed by atoms with E-state index in [9.17, 15) is 27.6 Å². The maximum absolute atomic E-state index is 12.9. The van der Waals surface area contributed by atoms with Crippen molar-refractivity contribution in [3.63, 3.8) is 0 Å². The van der Waals surface area contributed by atoms with Crippen LogP contribution in [0.25, 0.3) is 0 Å². The quantitative estimate of drug-likeness (QED) is 0.153. The van der Waals surface area contributed by atoms with Crippen molar-refractivity contribution in [3.05, 3.63) is 70.2 Å². The molecule has 16 heteroatoms. The molecule has 50 heavy (non-hydrogen) atoms. The molecule has 0 radical (unpaired) electrons. The van der Waals surface area contributed by atoms with E-state index in [4.69, 9.17) is 15.2 Å². The third-order valence-electron chi connectivity index (χ3n) is 7.09. The maximum Gasteiger partial charge on any atom is 0.411 e. The van der Waals surface area contributed by atoms with Gasteiger partial charge in [0.25, 0.3) is 0 Å². The first-order chi connectivity index (χ1) is 23.0. The van der Waals surface area contributed by atoms with Crippen LogP contribution in [0.15, 0.2) is 53.4 Å². The van der Waals surface area contributed by atoms with Gasteiger partial charge in [0.15, 0.2) is 15.0 Å². The van der Waals surface area contributed by atoms with E-state index >= 15 is 0 Å². The summed E-state index contributed by atoms with van der Waals surface area (Å²) in [5, 5.41) is 11.4. The molecule has 0 spiro atoms. The van der Waals surface area contributed by atoms with Gasteiger partial charge < -0.3 is 31.2 Å². The van der Waals surface area contributed by atoms with E-state index in [1.807, 2.05) is 12.1 Å². The lowest BCUT2D eigenvalue weighted by Crippen LogP contribution is -2.64. The zero-order valence-electron chi connectivity index (χ0n) is 29.6. The molecule has 0 saturated carbocycles. The Labute approximate surface area is 296 Å². The molecule has 14 nitrogen and oxygen atoms in total. The molecular formula is C34H46N6O8S2. The Hall–Kier alpha value is -4.54. The van der Waals surface area contributed by atoms with Gasteiger partial charge in [0.1, 0.15) is 0 Å². The van der Waals surface area contributed by atoms with Crippen molar-refractivity contribution in [1.29, 1.82) is 0 Å². The van der Waals surface area contributed by atoms with Gasteiger partial charge in [0.05, 0.1) is 22.5 Å². The van der Waals surface area contributed by atoms with E-state index in [0.29, 0.717) is 30.1 Å². The molecule has 1 heterocycles. The summed E-state index contributed by atoms with van der Waals surface area (Å²) in [6.45, 7) is 11.2. The lowest BCUT2D eigenvalue weighted by atomic mass is 9.90. The number of alkyl carbamates (subject to hydrolysis) is 1. The number of hydrogen-bond donors (Lipinski definition) is 5. The monoisotopic (exact) mass is 730 g/mol. The average Bonchev–Trinajstić information content (AvgIpc) is 3.33. The summed E-state index contributed by atoms with van der Waals surface area (Å²) < 4.78 is 34.5. The number of rotatable bonds is 13. The number of hydrogen-bond acceptors (Lipinski definition) is 11. The van der Waals surface area contributed by atoms with Crippen LogP contribution in [0.5, 0.6) is 0 Å². The highest BCUT2D eigenvalue weighted by Crippen LogP contribution is 2.33. The van der Waals surface area contributed by atoms with Crippen LogP contribution in [0.1, 0.15) is 70.2 Å². The van der Waals surface area contributed by atoms with Crippen molar-refractivity contribution < 1.29 is 37.1 Å². The van der Waals surface area contributed by atoms with Crippen LogP contribution in [0.2, 0.25) is 0 Å². The summed E-state index contributed by atoms with van der Waals surface area (Å²) in [6, 6.07) is 13.9. The van der Waals surface area contributed by atoms with Crippen molar-refractivity contribution in [2.24, 2.45) is 11.1 Å². The molecule has 0 aliphatic carbocycles. The fourth-order valence-corrected chi connectivity index (χ4v) is 6.37. The van der Waals surface area contributed by atoms with E-state index in [0.717, 1.165) is 28.0 Å². The number of nitrogens with one attached hydrogen (secondary N) is 4. The Morgan fingerprint density at radius 3 is 1.98 bits per heavy atom. The summed E-state index contributed by atoms with van der Waals surface area (Å²) in [5.41, 5.74) is 6.82. The highest BCUT2D eigenvalue weighted by Gasteiger charge is 2.50. The smallest absolute Gasteiger partial charge is 0.392 e. The number of sulfone groups is 1. The standard InChI is InChI=1S/C34H46N6O8S2/c1-21(41)37-30-39-26(27(49-30)19-23-11-16-25(17-12-23)50(8,45)46)18-13-22-9-14-24(15-10-22)38-28(42)20-36-34(32(2,3)4,47-29(35)43)48-31(44)40-33(5,6)7/h9-12,14-17,36H,13,18-20H2,1-8H3,(H2,35,43)(H,38,42)(H,40,44)(H,37,39,41). The Morgan fingerprint density at radius 1 is 0.860 bits per heavy atom. The molecule has 2 aromatic carbocycles. The highest BCUT2D eigenvalue weighted by atomic mass is 32.2. The normalized spacial score (nSPS) is 13.1. The number of thiazole rings is 1.